The molecule has 0 saturated carbocycles. The molecule has 14 heteroatoms. The SMILES string of the molecule is COCCOCCOCCNC(=O)c1cc(Nc2cc(Oc3ccc(NC(=O)Nc4cc(C(C)(C)C)cc(SC)c4OC)c4ccccc34)ccn2)cc(OC)c1. The topological polar surface area (TPSA) is 151 Å². The lowest BCUT2D eigenvalue weighted by Crippen LogP contribution is -2.27. The van der Waals surface area contributed by atoms with Crippen molar-refractivity contribution in [3.05, 3.63) is 96.2 Å². The van der Waals surface area contributed by atoms with Crippen LogP contribution in [0, 0.1) is 0 Å². The second-order valence-corrected chi connectivity index (χ2v) is 14.6. The van der Waals surface area contributed by atoms with Gasteiger partial charge in [-0.1, -0.05) is 45.0 Å². The van der Waals surface area contributed by atoms with Crippen molar-refractivity contribution in [2.75, 3.05) is 83.1 Å². The summed E-state index contributed by atoms with van der Waals surface area (Å²) in [5.41, 5.74) is 3.15. The summed E-state index contributed by atoms with van der Waals surface area (Å²) in [4.78, 5) is 31.9. The predicted octanol–water partition coefficient (Wildman–Crippen LogP) is 8.86. The van der Waals surface area contributed by atoms with Gasteiger partial charge in [0.2, 0.25) is 0 Å². The van der Waals surface area contributed by atoms with Crippen molar-refractivity contribution in [2.45, 2.75) is 31.1 Å². The molecule has 4 aromatic carbocycles. The van der Waals surface area contributed by atoms with Gasteiger partial charge >= 0.3 is 6.03 Å². The average molecular weight is 798 g/mol. The van der Waals surface area contributed by atoms with E-state index in [0.29, 0.717) is 91.0 Å². The molecule has 0 aliphatic rings. The van der Waals surface area contributed by atoms with E-state index in [4.69, 9.17) is 28.4 Å². The van der Waals surface area contributed by atoms with Crippen LogP contribution in [0.1, 0.15) is 36.7 Å². The number of carbonyl (C=O) groups is 2. The van der Waals surface area contributed by atoms with Crippen LogP contribution >= 0.6 is 11.8 Å². The van der Waals surface area contributed by atoms with Crippen molar-refractivity contribution < 1.29 is 38.0 Å². The van der Waals surface area contributed by atoms with Gasteiger partial charge < -0.3 is 49.7 Å². The number of carbonyl (C=O) groups excluding carboxylic acids is 2. The van der Waals surface area contributed by atoms with Crippen molar-refractivity contribution in [2.24, 2.45) is 0 Å². The van der Waals surface area contributed by atoms with Gasteiger partial charge in [0, 0.05) is 54.0 Å². The molecule has 1 aromatic heterocycles. The minimum absolute atomic E-state index is 0.129. The molecular formula is C43H51N5O8S. The zero-order chi connectivity index (χ0) is 40.8. The number of ether oxygens (including phenoxy) is 6. The summed E-state index contributed by atoms with van der Waals surface area (Å²) < 4.78 is 33.4. The molecule has 5 aromatic rings. The van der Waals surface area contributed by atoms with Crippen LogP contribution in [0.5, 0.6) is 23.0 Å². The molecule has 0 saturated heterocycles. The smallest absolute Gasteiger partial charge is 0.323 e. The van der Waals surface area contributed by atoms with Gasteiger partial charge in [-0.05, 0) is 59.7 Å². The van der Waals surface area contributed by atoms with E-state index in [1.807, 2.05) is 48.7 Å². The number of anilines is 4. The number of pyridine rings is 1. The predicted molar refractivity (Wildman–Crippen MR) is 226 cm³/mol. The fourth-order valence-corrected chi connectivity index (χ4v) is 6.40. The van der Waals surface area contributed by atoms with E-state index in [0.717, 1.165) is 21.2 Å². The van der Waals surface area contributed by atoms with E-state index in [9.17, 15) is 9.59 Å². The summed E-state index contributed by atoms with van der Waals surface area (Å²) in [5, 5.41) is 13.7. The number of nitrogens with zero attached hydrogens (tertiary/aromatic N) is 1. The Morgan fingerprint density at radius 2 is 1.49 bits per heavy atom. The summed E-state index contributed by atoms with van der Waals surface area (Å²) in [6.07, 6.45) is 3.61. The number of nitrogens with one attached hydrogen (secondary N) is 4. The number of aromatic nitrogens is 1. The molecule has 0 atom stereocenters. The number of hydrogen-bond acceptors (Lipinski definition) is 11. The summed E-state index contributed by atoms with van der Waals surface area (Å²) in [6.45, 7) is 8.97. The Labute approximate surface area is 338 Å². The van der Waals surface area contributed by atoms with E-state index in [-0.39, 0.29) is 11.3 Å². The number of benzene rings is 4. The molecule has 13 nitrogen and oxygen atoms in total. The van der Waals surface area contributed by atoms with Crippen molar-refractivity contribution >= 4 is 57.4 Å². The Hall–Kier alpha value is -5.54. The Kier molecular flexibility index (Phi) is 15.4. The monoisotopic (exact) mass is 797 g/mol. The molecule has 0 aliphatic heterocycles. The molecule has 3 amide bonds. The summed E-state index contributed by atoms with van der Waals surface area (Å²) >= 11 is 1.56. The molecule has 0 fully saturated rings. The van der Waals surface area contributed by atoms with Crippen molar-refractivity contribution in [3.63, 3.8) is 0 Å². The molecule has 0 aliphatic carbocycles. The standard InChI is InChI=1S/C43H51N5O8S/c1-43(2,3)29-24-36(40(53-6)38(25-29)57-7)48-42(50)47-35-12-13-37(34-11-9-8-10-33(34)35)56-31-14-15-44-39(27-31)46-30-22-28(23-32(26-30)52-5)41(49)45-16-17-54-20-21-55-19-18-51-4/h8-15,22-27H,16-21H2,1-7H3,(H,44,46)(H,45,49)(H2,47,48,50). The third kappa shape index (κ3) is 12.0. The number of hydrogen-bond donors (Lipinski definition) is 4. The number of methoxy groups -OCH3 is 3. The van der Waals surface area contributed by atoms with Gasteiger partial charge in [0.15, 0.2) is 5.75 Å². The number of fused-ring (bicyclic) bond motifs is 1. The van der Waals surface area contributed by atoms with Gasteiger partial charge in [0.25, 0.3) is 5.91 Å². The molecule has 0 radical (unpaired) electrons. The van der Waals surface area contributed by atoms with Crippen LogP contribution in [-0.2, 0) is 19.6 Å². The molecule has 302 valence electrons. The largest absolute Gasteiger partial charge is 0.497 e. The molecule has 57 heavy (non-hydrogen) atoms. The van der Waals surface area contributed by atoms with E-state index < -0.39 is 6.03 Å². The highest BCUT2D eigenvalue weighted by atomic mass is 32.2. The van der Waals surface area contributed by atoms with Gasteiger partial charge in [-0.2, -0.15) is 0 Å². The zero-order valence-electron chi connectivity index (χ0n) is 33.4. The second kappa shape index (κ2) is 20.6. The first-order valence-electron chi connectivity index (χ1n) is 18.4. The minimum atomic E-state index is -0.405. The number of thioether (sulfide) groups is 1. The van der Waals surface area contributed by atoms with Crippen LogP contribution in [0.3, 0.4) is 0 Å². The summed E-state index contributed by atoms with van der Waals surface area (Å²) in [7, 11) is 4.76. The van der Waals surface area contributed by atoms with Crippen LogP contribution < -0.4 is 35.5 Å². The fraction of sp³-hybridized carbons (Fsp3) is 0.326. The molecule has 1 heterocycles. The lowest BCUT2D eigenvalue weighted by atomic mass is 9.86. The van der Waals surface area contributed by atoms with E-state index in [2.05, 4.69) is 53.1 Å². The maximum Gasteiger partial charge on any atom is 0.323 e. The Morgan fingerprint density at radius 1 is 0.754 bits per heavy atom. The molecule has 5 rings (SSSR count). The van der Waals surface area contributed by atoms with Gasteiger partial charge in [-0.3, -0.25) is 4.79 Å². The Bertz CT molecular complexity index is 2140. The lowest BCUT2D eigenvalue weighted by molar-refractivity contribution is 0.0255. The molecular weight excluding hydrogens is 747 g/mol. The normalized spacial score (nSPS) is 11.2. The van der Waals surface area contributed by atoms with Gasteiger partial charge in [-0.15, -0.1) is 11.8 Å². The molecule has 4 N–H and O–H groups in total. The summed E-state index contributed by atoms with van der Waals surface area (Å²) in [5.74, 6) is 2.43. The van der Waals surface area contributed by atoms with E-state index >= 15 is 0 Å². The number of amides is 3. The van der Waals surface area contributed by atoms with Crippen molar-refractivity contribution in [1.29, 1.82) is 0 Å². The second-order valence-electron chi connectivity index (χ2n) is 13.8. The molecule has 0 unspecified atom stereocenters. The lowest BCUT2D eigenvalue weighted by Gasteiger charge is -2.23. The highest BCUT2D eigenvalue weighted by Crippen LogP contribution is 2.40. The average Bonchev–Trinajstić information content (AvgIpc) is 3.20. The highest BCUT2D eigenvalue weighted by molar-refractivity contribution is 7.98. The number of rotatable bonds is 19. The van der Waals surface area contributed by atoms with Crippen LogP contribution in [-0.4, -0.2) is 84.1 Å². The van der Waals surface area contributed by atoms with Crippen molar-refractivity contribution in [1.82, 2.24) is 10.3 Å². The number of urea groups is 1. The first-order valence-corrected chi connectivity index (χ1v) is 19.6. The highest BCUT2D eigenvalue weighted by Gasteiger charge is 2.21. The Morgan fingerprint density at radius 3 is 2.21 bits per heavy atom. The summed E-state index contributed by atoms with van der Waals surface area (Å²) in [6, 6.07) is 23.6. The van der Waals surface area contributed by atoms with Gasteiger partial charge in [-0.25, -0.2) is 9.78 Å². The van der Waals surface area contributed by atoms with Crippen LogP contribution in [0.4, 0.5) is 27.7 Å². The van der Waals surface area contributed by atoms with E-state index in [1.54, 1.807) is 62.5 Å². The first kappa shape index (κ1) is 42.6. The van der Waals surface area contributed by atoms with E-state index in [1.165, 1.54) is 7.11 Å². The first-order chi connectivity index (χ1) is 27.5. The maximum absolute atomic E-state index is 13.5. The van der Waals surface area contributed by atoms with Crippen LogP contribution in [0.15, 0.2) is 90.0 Å². The maximum atomic E-state index is 13.5. The third-order valence-corrected chi connectivity index (χ3v) is 9.44. The van der Waals surface area contributed by atoms with Crippen molar-refractivity contribution in [3.8, 4) is 23.0 Å². The van der Waals surface area contributed by atoms with Crippen LogP contribution in [0.25, 0.3) is 10.8 Å². The third-order valence-electron chi connectivity index (χ3n) is 8.70. The molecule has 0 spiro atoms. The van der Waals surface area contributed by atoms with Crippen LogP contribution in [0.2, 0.25) is 0 Å². The molecule has 0 bridgehead atoms. The minimum Gasteiger partial charge on any atom is -0.497 e. The Balaban J connectivity index is 1.26. The quantitative estimate of drug-likeness (QED) is 0.0469. The fourth-order valence-electron chi connectivity index (χ4n) is 5.78. The van der Waals surface area contributed by atoms with Gasteiger partial charge in [0.05, 0.1) is 63.5 Å². The zero-order valence-corrected chi connectivity index (χ0v) is 34.3. The van der Waals surface area contributed by atoms with Gasteiger partial charge in [0.1, 0.15) is 23.1 Å².